The van der Waals surface area contributed by atoms with Crippen molar-refractivity contribution in [3.8, 4) is 0 Å². The van der Waals surface area contributed by atoms with Crippen molar-refractivity contribution in [2.75, 3.05) is 12.5 Å². The van der Waals surface area contributed by atoms with E-state index in [0.717, 1.165) is 11.8 Å². The summed E-state index contributed by atoms with van der Waals surface area (Å²) in [5.41, 5.74) is 0. The molecule has 0 atom stereocenters. The molecule has 0 saturated carbocycles. The van der Waals surface area contributed by atoms with Gasteiger partial charge in [-0.25, -0.2) is 0 Å². The Balaban J connectivity index is 0. The third kappa shape index (κ3) is 32.4. The first-order valence-electron chi connectivity index (χ1n) is 5.11. The molecule has 0 bridgehead atoms. The van der Waals surface area contributed by atoms with Crippen LogP contribution in [-0.4, -0.2) is 31.9 Å². The van der Waals surface area contributed by atoms with Gasteiger partial charge in [0.1, 0.15) is 0 Å². The van der Waals surface area contributed by atoms with Gasteiger partial charge in [0.25, 0.3) is 0 Å². The molecular formula is C10H25AlOS. The van der Waals surface area contributed by atoms with Gasteiger partial charge < -0.3 is 0 Å². The molecule has 0 saturated heterocycles. The first kappa shape index (κ1) is 16.1. The maximum Gasteiger partial charge on any atom is 0.237 e. The minimum atomic E-state index is -0.611. The summed E-state index contributed by atoms with van der Waals surface area (Å²) < 4.78 is 9.56. The molecule has 0 aliphatic carbocycles. The predicted molar refractivity (Wildman–Crippen MR) is 66.4 cm³/mol. The van der Waals surface area contributed by atoms with Crippen LogP contribution >= 0.6 is 0 Å². The topological polar surface area (TPSA) is 17.1 Å². The van der Waals surface area contributed by atoms with Crippen molar-refractivity contribution < 1.29 is 4.21 Å². The first-order chi connectivity index (χ1) is 5.86. The zero-order valence-corrected chi connectivity index (χ0v) is 12.3. The number of rotatable bonds is 4. The van der Waals surface area contributed by atoms with E-state index in [9.17, 15) is 4.21 Å². The molecule has 0 aromatic rings. The van der Waals surface area contributed by atoms with Crippen LogP contribution in [0, 0.1) is 11.8 Å². The van der Waals surface area contributed by atoms with E-state index in [1.807, 2.05) is 0 Å². The van der Waals surface area contributed by atoms with E-state index in [2.05, 4.69) is 27.7 Å². The Bertz CT molecular complexity index is 112. The average Bonchev–Trinajstić information content (AvgIpc) is 1.83. The molecule has 0 spiro atoms. The van der Waals surface area contributed by atoms with Crippen LogP contribution in [0.5, 0.6) is 0 Å². The zero-order valence-electron chi connectivity index (χ0n) is 10.1. The summed E-state index contributed by atoms with van der Waals surface area (Å²) in [6.07, 6.45) is 3.28. The van der Waals surface area contributed by atoms with Crippen molar-refractivity contribution in [3.63, 3.8) is 0 Å². The molecule has 0 N–H and O–H groups in total. The normalized spacial score (nSPS) is 10.2. The van der Waals surface area contributed by atoms with Gasteiger partial charge in [-0.3, -0.25) is 4.21 Å². The summed E-state index contributed by atoms with van der Waals surface area (Å²) in [5.74, 6) is 1.91. The number of hydrogen-bond acceptors (Lipinski definition) is 1. The summed E-state index contributed by atoms with van der Waals surface area (Å²) in [7, 11) is -0.611. The lowest BCUT2D eigenvalue weighted by molar-refractivity contribution is 0.690. The van der Waals surface area contributed by atoms with E-state index < -0.39 is 10.8 Å². The third-order valence-corrected chi connectivity index (χ3v) is 4.69. The molecule has 1 nitrogen and oxygen atoms in total. The Morgan fingerprint density at radius 3 is 1.38 bits per heavy atom. The minimum absolute atomic E-state index is 0.316. The Morgan fingerprint density at radius 2 is 1.23 bits per heavy atom. The fraction of sp³-hybridized carbons (Fsp3) is 1.00. The van der Waals surface area contributed by atoms with Gasteiger partial charge in [-0.05, 0) is 0 Å². The molecule has 0 unspecified atom stereocenters. The van der Waals surface area contributed by atoms with Crippen LogP contribution in [0.3, 0.4) is 0 Å². The van der Waals surface area contributed by atoms with E-state index in [1.54, 1.807) is 12.5 Å². The highest BCUT2D eigenvalue weighted by Crippen LogP contribution is 2.05. The lowest BCUT2D eigenvalue weighted by Crippen LogP contribution is -1.99. The highest BCUT2D eigenvalue weighted by atomic mass is 32.2. The SMILES string of the molecule is CC(C)[CH2][AlH][CH2]C(C)C.CS(C)=O. The van der Waals surface area contributed by atoms with Gasteiger partial charge in [-0.1, -0.05) is 50.1 Å². The summed E-state index contributed by atoms with van der Waals surface area (Å²) in [5, 5.41) is 3.08. The van der Waals surface area contributed by atoms with Crippen molar-refractivity contribution in [1.82, 2.24) is 0 Å². The molecule has 80 valence electrons. The molecular weight excluding hydrogens is 195 g/mol. The van der Waals surface area contributed by atoms with Gasteiger partial charge >= 0.3 is 0 Å². The summed E-state index contributed by atoms with van der Waals surface area (Å²) in [4.78, 5) is 0. The Hall–Kier alpha value is 0.682. The maximum atomic E-state index is 9.56. The second kappa shape index (κ2) is 10.8. The third-order valence-electron chi connectivity index (χ3n) is 1.56. The van der Waals surface area contributed by atoms with Crippen LogP contribution < -0.4 is 0 Å². The highest BCUT2D eigenvalue weighted by molar-refractivity contribution is 7.83. The zero-order chi connectivity index (χ0) is 10.9. The molecule has 13 heavy (non-hydrogen) atoms. The molecule has 0 aromatic heterocycles. The summed E-state index contributed by atoms with van der Waals surface area (Å²) >= 11 is 0.316. The van der Waals surface area contributed by atoms with Crippen molar-refractivity contribution in [1.29, 1.82) is 0 Å². The molecule has 0 radical (unpaired) electrons. The van der Waals surface area contributed by atoms with Crippen LogP contribution in [0.25, 0.3) is 0 Å². The quantitative estimate of drug-likeness (QED) is 0.666. The van der Waals surface area contributed by atoms with Gasteiger partial charge in [0.2, 0.25) is 15.2 Å². The fourth-order valence-corrected chi connectivity index (χ4v) is 2.80. The van der Waals surface area contributed by atoms with Gasteiger partial charge in [0, 0.05) is 23.3 Å². The Kier molecular flexibility index (Phi) is 13.3. The standard InChI is InChI=1S/2C4H9.C2H6OS.Al.H/c3*1-4(2)3;;/h2*4H,1H2,2-3H3;1-2H3;;. The van der Waals surface area contributed by atoms with Gasteiger partial charge in [0.05, 0.1) is 0 Å². The van der Waals surface area contributed by atoms with Crippen molar-refractivity contribution >= 4 is 26.0 Å². The lowest BCUT2D eigenvalue weighted by atomic mass is 10.3. The second-order valence-corrected chi connectivity index (χ2v) is 7.81. The molecule has 0 amide bonds. The Morgan fingerprint density at radius 1 is 1.00 bits per heavy atom. The van der Waals surface area contributed by atoms with Gasteiger partial charge in [0.15, 0.2) is 0 Å². The van der Waals surface area contributed by atoms with Gasteiger partial charge in [-0.2, -0.15) is 0 Å². The molecule has 3 heteroatoms. The van der Waals surface area contributed by atoms with Crippen molar-refractivity contribution in [2.24, 2.45) is 11.8 Å². The van der Waals surface area contributed by atoms with Gasteiger partial charge in [-0.15, -0.1) is 0 Å². The summed E-state index contributed by atoms with van der Waals surface area (Å²) in [6, 6.07) is 0. The number of hydrogen-bond donors (Lipinski definition) is 0. The first-order valence-corrected chi connectivity index (χ1v) is 9.08. The van der Waals surface area contributed by atoms with Crippen LogP contribution in [0.4, 0.5) is 0 Å². The van der Waals surface area contributed by atoms with E-state index in [1.165, 1.54) is 10.6 Å². The molecule has 0 aromatic carbocycles. The average molecular weight is 220 g/mol. The van der Waals surface area contributed by atoms with E-state index in [0.29, 0.717) is 15.2 Å². The van der Waals surface area contributed by atoms with Crippen LogP contribution in [0.15, 0.2) is 0 Å². The van der Waals surface area contributed by atoms with Crippen molar-refractivity contribution in [2.45, 2.75) is 38.3 Å². The van der Waals surface area contributed by atoms with Crippen LogP contribution in [0.1, 0.15) is 27.7 Å². The molecule has 0 heterocycles. The van der Waals surface area contributed by atoms with Crippen LogP contribution in [0.2, 0.25) is 10.6 Å². The Labute approximate surface area is 92.9 Å². The van der Waals surface area contributed by atoms with E-state index in [4.69, 9.17) is 0 Å². The molecule has 0 fully saturated rings. The molecule has 0 aliphatic heterocycles. The second-order valence-electron chi connectivity index (χ2n) is 4.46. The minimum Gasteiger partial charge on any atom is -0.260 e. The monoisotopic (exact) mass is 220 g/mol. The fourth-order valence-electron chi connectivity index (χ4n) is 0.934. The lowest BCUT2D eigenvalue weighted by Gasteiger charge is -2.03. The molecule has 0 rings (SSSR count). The molecule has 0 aliphatic rings. The van der Waals surface area contributed by atoms with Crippen LogP contribution in [-0.2, 0) is 10.8 Å². The summed E-state index contributed by atoms with van der Waals surface area (Å²) in [6.45, 7) is 9.31. The largest absolute Gasteiger partial charge is 0.260 e. The van der Waals surface area contributed by atoms with E-state index >= 15 is 0 Å². The predicted octanol–water partition coefficient (Wildman–Crippen LogP) is 2.57. The smallest absolute Gasteiger partial charge is 0.237 e. The van der Waals surface area contributed by atoms with Crippen molar-refractivity contribution in [3.05, 3.63) is 0 Å². The highest BCUT2D eigenvalue weighted by Gasteiger charge is 1.99. The maximum absolute atomic E-state index is 9.56. The van der Waals surface area contributed by atoms with E-state index in [-0.39, 0.29) is 0 Å².